The topological polar surface area (TPSA) is 106 Å². The van der Waals surface area contributed by atoms with Crippen molar-refractivity contribution in [1.82, 2.24) is 20.1 Å². The maximum atomic E-state index is 12.3. The van der Waals surface area contributed by atoms with Gasteiger partial charge < -0.3 is 10.1 Å². The van der Waals surface area contributed by atoms with E-state index >= 15 is 0 Å². The summed E-state index contributed by atoms with van der Waals surface area (Å²) in [5.41, 5.74) is 2.88. The quantitative estimate of drug-likeness (QED) is 0.721. The Bertz CT molecular complexity index is 969. The first kappa shape index (κ1) is 21.1. The Balaban J connectivity index is 1.59. The van der Waals surface area contributed by atoms with E-state index in [0.29, 0.717) is 17.5 Å². The number of aromatic nitrogens is 3. The molecule has 2 aromatic heterocycles. The zero-order chi connectivity index (χ0) is 21.1. The lowest BCUT2D eigenvalue weighted by Gasteiger charge is -2.24. The molecule has 1 atom stereocenters. The molecule has 0 saturated heterocycles. The van der Waals surface area contributed by atoms with Crippen LogP contribution in [0.5, 0.6) is 0 Å². The van der Waals surface area contributed by atoms with Gasteiger partial charge in [-0.05, 0) is 51.2 Å². The second-order valence-corrected chi connectivity index (χ2v) is 7.97. The molecule has 3 rings (SSSR count). The molecule has 0 aromatic carbocycles. The van der Waals surface area contributed by atoms with Gasteiger partial charge in [-0.25, -0.2) is 4.98 Å². The normalized spacial score (nSPS) is 16.0. The number of carbonyl (C=O) groups is 2. The monoisotopic (exact) mass is 402 g/mol. The predicted octanol–water partition coefficient (Wildman–Crippen LogP) is 2.19. The van der Waals surface area contributed by atoms with Crippen LogP contribution in [0.3, 0.4) is 0 Å². The van der Waals surface area contributed by atoms with Crippen LogP contribution in [0.25, 0.3) is 11.0 Å². The SMILES string of the molecule is Cc1nc2c(c(C)c1CCC(=O)O[C@@H](C)C(=O)NC1CCCCC1)c(=O)[nH]n2C. The fraction of sp³-hybridized carbons (Fsp3) is 0.619. The molecule has 1 aliphatic rings. The number of hydrogen-bond acceptors (Lipinski definition) is 5. The maximum Gasteiger partial charge on any atom is 0.306 e. The summed E-state index contributed by atoms with van der Waals surface area (Å²) in [4.78, 5) is 41.2. The van der Waals surface area contributed by atoms with Gasteiger partial charge in [0.25, 0.3) is 11.5 Å². The zero-order valence-corrected chi connectivity index (χ0v) is 17.6. The number of nitrogens with one attached hydrogen (secondary N) is 2. The number of aromatic amines is 1. The molecule has 0 spiro atoms. The molecule has 2 N–H and O–H groups in total. The smallest absolute Gasteiger partial charge is 0.306 e. The van der Waals surface area contributed by atoms with Crippen molar-refractivity contribution in [3.63, 3.8) is 0 Å². The van der Waals surface area contributed by atoms with Crippen molar-refractivity contribution in [1.29, 1.82) is 0 Å². The zero-order valence-electron chi connectivity index (χ0n) is 17.6. The van der Waals surface area contributed by atoms with Crippen molar-refractivity contribution in [2.75, 3.05) is 0 Å². The summed E-state index contributed by atoms with van der Waals surface area (Å²) >= 11 is 0. The molecule has 1 aliphatic carbocycles. The van der Waals surface area contributed by atoms with Crippen LogP contribution < -0.4 is 10.9 Å². The molecule has 0 bridgehead atoms. The van der Waals surface area contributed by atoms with E-state index in [1.54, 1.807) is 18.7 Å². The van der Waals surface area contributed by atoms with Crippen LogP contribution in [0.4, 0.5) is 0 Å². The highest BCUT2D eigenvalue weighted by molar-refractivity contribution is 5.84. The number of fused-ring (bicyclic) bond motifs is 1. The average molecular weight is 402 g/mol. The Morgan fingerprint density at radius 3 is 2.66 bits per heavy atom. The van der Waals surface area contributed by atoms with E-state index in [-0.39, 0.29) is 23.9 Å². The lowest BCUT2D eigenvalue weighted by atomic mass is 9.95. The number of amides is 1. The second kappa shape index (κ2) is 8.80. The van der Waals surface area contributed by atoms with E-state index in [1.807, 2.05) is 13.8 Å². The second-order valence-electron chi connectivity index (χ2n) is 7.97. The third-order valence-electron chi connectivity index (χ3n) is 5.78. The molecule has 1 saturated carbocycles. The summed E-state index contributed by atoms with van der Waals surface area (Å²) < 4.78 is 6.93. The van der Waals surface area contributed by atoms with Crippen LogP contribution in [0.15, 0.2) is 4.79 Å². The highest BCUT2D eigenvalue weighted by Crippen LogP contribution is 2.21. The molecule has 2 aromatic rings. The minimum Gasteiger partial charge on any atom is -0.453 e. The Morgan fingerprint density at radius 2 is 1.97 bits per heavy atom. The van der Waals surface area contributed by atoms with Crippen molar-refractivity contribution >= 4 is 22.9 Å². The van der Waals surface area contributed by atoms with E-state index in [0.717, 1.165) is 42.5 Å². The molecule has 0 unspecified atom stereocenters. The van der Waals surface area contributed by atoms with Gasteiger partial charge in [0.15, 0.2) is 11.8 Å². The fourth-order valence-corrected chi connectivity index (χ4v) is 4.12. The summed E-state index contributed by atoms with van der Waals surface area (Å²) in [5.74, 6) is -0.673. The van der Waals surface area contributed by atoms with Crippen LogP contribution in [0.2, 0.25) is 0 Å². The van der Waals surface area contributed by atoms with Crippen molar-refractivity contribution in [2.24, 2.45) is 7.05 Å². The lowest BCUT2D eigenvalue weighted by Crippen LogP contribution is -2.42. The molecule has 8 nitrogen and oxygen atoms in total. The van der Waals surface area contributed by atoms with Gasteiger partial charge in [0.1, 0.15) is 0 Å². The first-order valence-corrected chi connectivity index (χ1v) is 10.3. The number of carbonyl (C=O) groups excluding carboxylic acids is 2. The highest BCUT2D eigenvalue weighted by atomic mass is 16.5. The summed E-state index contributed by atoms with van der Waals surface area (Å²) in [6.45, 7) is 5.33. The fourth-order valence-electron chi connectivity index (χ4n) is 4.12. The van der Waals surface area contributed by atoms with E-state index in [2.05, 4.69) is 15.4 Å². The molecule has 0 aliphatic heterocycles. The minimum absolute atomic E-state index is 0.126. The molecule has 8 heteroatoms. The number of nitrogens with zero attached hydrogens (tertiary/aromatic N) is 2. The summed E-state index contributed by atoms with van der Waals surface area (Å²) in [6.07, 6.45) is 5.15. The van der Waals surface area contributed by atoms with Crippen LogP contribution >= 0.6 is 0 Å². The van der Waals surface area contributed by atoms with Crippen molar-refractivity contribution in [2.45, 2.75) is 77.9 Å². The molecule has 2 heterocycles. The van der Waals surface area contributed by atoms with Gasteiger partial charge in [-0.3, -0.25) is 24.2 Å². The van der Waals surface area contributed by atoms with Crippen molar-refractivity contribution < 1.29 is 14.3 Å². The highest BCUT2D eigenvalue weighted by Gasteiger charge is 2.23. The number of H-pyrrole nitrogens is 1. The van der Waals surface area contributed by atoms with Crippen LogP contribution in [0, 0.1) is 13.8 Å². The number of hydrogen-bond donors (Lipinski definition) is 2. The Kier molecular flexibility index (Phi) is 6.39. The van der Waals surface area contributed by atoms with Gasteiger partial charge in [-0.2, -0.15) is 0 Å². The largest absolute Gasteiger partial charge is 0.453 e. The number of esters is 1. The first-order chi connectivity index (χ1) is 13.8. The molecule has 0 radical (unpaired) electrons. The molecule has 158 valence electrons. The number of ether oxygens (including phenoxy) is 1. The summed E-state index contributed by atoms with van der Waals surface area (Å²) in [5, 5.41) is 6.23. The van der Waals surface area contributed by atoms with Gasteiger partial charge in [0.2, 0.25) is 0 Å². The maximum absolute atomic E-state index is 12.3. The Hall–Kier alpha value is -2.64. The van der Waals surface area contributed by atoms with Gasteiger partial charge >= 0.3 is 5.97 Å². The van der Waals surface area contributed by atoms with E-state index in [9.17, 15) is 14.4 Å². The molecule has 1 amide bonds. The summed E-state index contributed by atoms with van der Waals surface area (Å²) in [6, 6.07) is 0.185. The van der Waals surface area contributed by atoms with Gasteiger partial charge in [0.05, 0.1) is 5.39 Å². The van der Waals surface area contributed by atoms with Crippen LogP contribution in [0.1, 0.15) is 62.3 Å². The average Bonchev–Trinajstić information content (AvgIpc) is 2.95. The standard InChI is InChI=1S/C21H30N4O4/c1-12-16(13(2)22-19-18(12)21(28)24-25(19)4)10-11-17(26)29-14(3)20(27)23-15-8-6-5-7-9-15/h14-15H,5-11H2,1-4H3,(H,23,27)(H,24,28)/t14-/m0/s1. The van der Waals surface area contributed by atoms with Crippen molar-refractivity contribution in [3.05, 3.63) is 27.2 Å². The third kappa shape index (κ3) is 4.68. The predicted molar refractivity (Wildman–Crippen MR) is 110 cm³/mol. The van der Waals surface area contributed by atoms with Gasteiger partial charge in [0, 0.05) is 25.2 Å². The van der Waals surface area contributed by atoms with Gasteiger partial charge in [-0.1, -0.05) is 19.3 Å². The first-order valence-electron chi connectivity index (χ1n) is 10.3. The van der Waals surface area contributed by atoms with E-state index < -0.39 is 12.1 Å². The summed E-state index contributed by atoms with van der Waals surface area (Å²) in [7, 11) is 1.74. The van der Waals surface area contributed by atoms with Crippen LogP contribution in [-0.4, -0.2) is 38.8 Å². The van der Waals surface area contributed by atoms with Gasteiger partial charge in [-0.15, -0.1) is 0 Å². The number of aryl methyl sites for hydroxylation is 3. The molecular weight excluding hydrogens is 372 g/mol. The Labute approximate surface area is 170 Å². The van der Waals surface area contributed by atoms with Crippen molar-refractivity contribution in [3.8, 4) is 0 Å². The van der Waals surface area contributed by atoms with E-state index in [1.165, 1.54) is 6.42 Å². The molecular formula is C21H30N4O4. The van der Waals surface area contributed by atoms with E-state index in [4.69, 9.17) is 4.74 Å². The third-order valence-corrected chi connectivity index (χ3v) is 5.78. The lowest BCUT2D eigenvalue weighted by molar-refractivity contribution is -0.155. The minimum atomic E-state index is -0.816. The number of rotatable bonds is 6. The number of pyridine rings is 1. The Morgan fingerprint density at radius 1 is 1.28 bits per heavy atom. The van der Waals surface area contributed by atoms with Crippen LogP contribution in [-0.2, 0) is 27.8 Å². The molecule has 1 fully saturated rings. The molecule has 29 heavy (non-hydrogen) atoms.